The van der Waals surface area contributed by atoms with Gasteiger partial charge in [0.05, 0.1) is 7.11 Å². The molecule has 0 radical (unpaired) electrons. The van der Waals surface area contributed by atoms with Crippen LogP contribution in [0.15, 0.2) is 54.6 Å². The maximum atomic E-state index is 12.5. The van der Waals surface area contributed by atoms with E-state index >= 15 is 0 Å². The van der Waals surface area contributed by atoms with Gasteiger partial charge in [0.25, 0.3) is 5.91 Å². The number of hydrogen-bond donors (Lipinski definition) is 3. The van der Waals surface area contributed by atoms with Crippen LogP contribution in [0.1, 0.15) is 21.6 Å². The van der Waals surface area contributed by atoms with Gasteiger partial charge in [0, 0.05) is 29.4 Å². The summed E-state index contributed by atoms with van der Waals surface area (Å²) >= 11 is 5.91. The van der Waals surface area contributed by atoms with Crippen LogP contribution >= 0.6 is 11.6 Å². The summed E-state index contributed by atoms with van der Waals surface area (Å²) in [7, 11) is 1.57. The minimum Gasteiger partial charge on any atom is -0.496 e. The van der Waals surface area contributed by atoms with E-state index in [1.165, 1.54) is 0 Å². The zero-order chi connectivity index (χ0) is 19.9. The van der Waals surface area contributed by atoms with Crippen molar-refractivity contribution in [1.29, 1.82) is 0 Å². The summed E-state index contributed by atoms with van der Waals surface area (Å²) in [5, 5.41) is 6.17. The summed E-state index contributed by atoms with van der Waals surface area (Å²) in [5.74, 6) is 0.477. The van der Waals surface area contributed by atoms with Crippen LogP contribution in [0.4, 0.5) is 0 Å². The van der Waals surface area contributed by atoms with Crippen LogP contribution in [0, 0.1) is 0 Å². The number of aromatic nitrogens is 1. The van der Waals surface area contributed by atoms with Gasteiger partial charge >= 0.3 is 0 Å². The predicted molar refractivity (Wildman–Crippen MR) is 108 cm³/mol. The van der Waals surface area contributed by atoms with Crippen molar-refractivity contribution in [2.75, 3.05) is 7.11 Å². The van der Waals surface area contributed by atoms with Crippen molar-refractivity contribution in [2.24, 2.45) is 0 Å². The van der Waals surface area contributed by atoms with Crippen molar-refractivity contribution in [1.82, 2.24) is 15.6 Å². The average molecular weight is 398 g/mol. The number of nitrogens with one attached hydrogen (secondary N) is 3. The third kappa shape index (κ3) is 4.72. The number of aromatic amines is 1. The van der Waals surface area contributed by atoms with Crippen LogP contribution in [0.3, 0.4) is 0 Å². The minimum absolute atomic E-state index is 0.205. The van der Waals surface area contributed by atoms with E-state index in [2.05, 4.69) is 15.6 Å². The number of methoxy groups -OCH3 is 1. The van der Waals surface area contributed by atoms with E-state index in [4.69, 9.17) is 16.3 Å². The van der Waals surface area contributed by atoms with E-state index in [1.807, 2.05) is 36.4 Å². The van der Waals surface area contributed by atoms with Gasteiger partial charge in [-0.1, -0.05) is 29.8 Å². The lowest BCUT2D eigenvalue weighted by Gasteiger charge is -2.11. The summed E-state index contributed by atoms with van der Waals surface area (Å²) in [5.41, 5.74) is 4.01. The second kappa shape index (κ2) is 9.10. The van der Waals surface area contributed by atoms with E-state index in [1.54, 1.807) is 25.3 Å². The first kappa shape index (κ1) is 19.5. The number of ether oxygens (including phenoxy) is 1. The number of halogens is 1. The minimum atomic E-state index is -0.205. The van der Waals surface area contributed by atoms with Crippen LogP contribution in [-0.4, -0.2) is 24.4 Å². The Morgan fingerprint density at radius 3 is 2.61 bits per heavy atom. The van der Waals surface area contributed by atoms with E-state index in [9.17, 15) is 9.59 Å². The summed E-state index contributed by atoms with van der Waals surface area (Å²) in [4.78, 5) is 26.1. The molecular formula is C21H20ClN3O3. The first-order chi connectivity index (χ1) is 13.6. The van der Waals surface area contributed by atoms with Crippen LogP contribution in [0.25, 0.3) is 11.3 Å². The van der Waals surface area contributed by atoms with Gasteiger partial charge in [-0.05, 0) is 47.5 Å². The number of carbonyl (C=O) groups excluding carboxylic acids is 2. The van der Waals surface area contributed by atoms with E-state index in [0.29, 0.717) is 36.0 Å². The van der Waals surface area contributed by atoms with Gasteiger partial charge in [0.2, 0.25) is 6.41 Å². The molecule has 3 aromatic rings. The Bertz CT molecular complexity index is 967. The SMILES string of the molecule is COc1ccc(CNC(=O)c2ccc(-c3ccc(Cl)cc3)[nH]2)cc1CNC=O. The monoisotopic (exact) mass is 397 g/mol. The highest BCUT2D eigenvalue weighted by Gasteiger charge is 2.10. The molecule has 0 spiro atoms. The van der Waals surface area contributed by atoms with Gasteiger partial charge in [0.15, 0.2) is 0 Å². The molecule has 1 aromatic heterocycles. The van der Waals surface area contributed by atoms with Gasteiger partial charge in [-0.3, -0.25) is 9.59 Å². The molecular weight excluding hydrogens is 378 g/mol. The standard InChI is InChI=1S/C21H20ClN3O3/c1-28-20-9-2-14(10-16(20)12-23-13-26)11-24-21(27)19-8-7-18(25-19)15-3-5-17(22)6-4-15/h2-10,13,25H,11-12H2,1H3,(H,23,26)(H,24,27). The number of rotatable bonds is 8. The Hall–Kier alpha value is -3.25. The Balaban J connectivity index is 1.65. The van der Waals surface area contributed by atoms with Gasteiger partial charge in [-0.15, -0.1) is 0 Å². The first-order valence-electron chi connectivity index (χ1n) is 8.66. The molecule has 0 saturated carbocycles. The maximum absolute atomic E-state index is 12.5. The fraction of sp³-hybridized carbons (Fsp3) is 0.143. The van der Waals surface area contributed by atoms with Crippen LogP contribution < -0.4 is 15.4 Å². The highest BCUT2D eigenvalue weighted by Crippen LogP contribution is 2.22. The molecule has 144 valence electrons. The smallest absolute Gasteiger partial charge is 0.267 e. The lowest BCUT2D eigenvalue weighted by atomic mass is 10.1. The Labute approximate surface area is 167 Å². The van der Waals surface area contributed by atoms with Crippen LogP contribution in [0.2, 0.25) is 5.02 Å². The number of carbonyl (C=O) groups is 2. The lowest BCUT2D eigenvalue weighted by Crippen LogP contribution is -2.23. The number of H-pyrrole nitrogens is 1. The number of amides is 2. The molecule has 0 aliphatic carbocycles. The molecule has 2 aromatic carbocycles. The molecule has 0 bridgehead atoms. The van der Waals surface area contributed by atoms with E-state index in [0.717, 1.165) is 22.4 Å². The van der Waals surface area contributed by atoms with Crippen molar-refractivity contribution < 1.29 is 14.3 Å². The summed E-state index contributed by atoms with van der Waals surface area (Å²) in [6.45, 7) is 0.710. The van der Waals surface area contributed by atoms with Gasteiger partial charge in [-0.2, -0.15) is 0 Å². The van der Waals surface area contributed by atoms with Crippen molar-refractivity contribution in [3.63, 3.8) is 0 Å². The van der Waals surface area contributed by atoms with Crippen molar-refractivity contribution >= 4 is 23.9 Å². The van der Waals surface area contributed by atoms with Crippen molar-refractivity contribution in [2.45, 2.75) is 13.1 Å². The lowest BCUT2D eigenvalue weighted by molar-refractivity contribution is -0.109. The largest absolute Gasteiger partial charge is 0.496 e. The Morgan fingerprint density at radius 2 is 1.89 bits per heavy atom. The first-order valence-corrected chi connectivity index (χ1v) is 9.04. The second-order valence-electron chi connectivity index (χ2n) is 6.12. The zero-order valence-corrected chi connectivity index (χ0v) is 16.0. The molecule has 1 heterocycles. The van der Waals surface area contributed by atoms with Crippen LogP contribution in [0.5, 0.6) is 5.75 Å². The quantitative estimate of drug-likeness (QED) is 0.508. The molecule has 0 fully saturated rings. The molecule has 7 heteroatoms. The topological polar surface area (TPSA) is 83.2 Å². The zero-order valence-electron chi connectivity index (χ0n) is 15.3. The molecule has 2 amide bonds. The third-order valence-electron chi connectivity index (χ3n) is 4.26. The van der Waals surface area contributed by atoms with Crippen molar-refractivity contribution in [3.8, 4) is 17.0 Å². The number of benzene rings is 2. The Morgan fingerprint density at radius 1 is 1.11 bits per heavy atom. The molecule has 0 aliphatic heterocycles. The summed E-state index contributed by atoms with van der Waals surface area (Å²) < 4.78 is 5.29. The summed E-state index contributed by atoms with van der Waals surface area (Å²) in [6.07, 6.45) is 0.636. The average Bonchev–Trinajstić information content (AvgIpc) is 3.21. The molecule has 0 unspecified atom stereocenters. The normalized spacial score (nSPS) is 10.4. The third-order valence-corrected chi connectivity index (χ3v) is 4.51. The highest BCUT2D eigenvalue weighted by atomic mass is 35.5. The molecule has 28 heavy (non-hydrogen) atoms. The van der Waals surface area contributed by atoms with E-state index < -0.39 is 0 Å². The van der Waals surface area contributed by atoms with Gasteiger partial charge < -0.3 is 20.4 Å². The molecule has 0 saturated heterocycles. The molecule has 0 aliphatic rings. The Kier molecular flexibility index (Phi) is 6.34. The highest BCUT2D eigenvalue weighted by molar-refractivity contribution is 6.30. The maximum Gasteiger partial charge on any atom is 0.267 e. The second-order valence-corrected chi connectivity index (χ2v) is 6.56. The van der Waals surface area contributed by atoms with E-state index in [-0.39, 0.29) is 5.91 Å². The fourth-order valence-electron chi connectivity index (χ4n) is 2.83. The molecule has 6 nitrogen and oxygen atoms in total. The molecule has 3 rings (SSSR count). The molecule has 3 N–H and O–H groups in total. The molecule has 0 atom stereocenters. The summed E-state index contributed by atoms with van der Waals surface area (Å²) in [6, 6.07) is 16.6. The fourth-order valence-corrected chi connectivity index (χ4v) is 2.96. The number of hydrogen-bond acceptors (Lipinski definition) is 3. The predicted octanol–water partition coefficient (Wildman–Crippen LogP) is 3.52. The van der Waals surface area contributed by atoms with Crippen molar-refractivity contribution in [3.05, 3.63) is 76.4 Å². The van der Waals surface area contributed by atoms with Gasteiger partial charge in [-0.25, -0.2) is 0 Å². The van der Waals surface area contributed by atoms with Crippen LogP contribution in [-0.2, 0) is 17.9 Å². The van der Waals surface area contributed by atoms with Gasteiger partial charge in [0.1, 0.15) is 11.4 Å².